The van der Waals surface area contributed by atoms with Gasteiger partial charge in [0.1, 0.15) is 5.82 Å². The van der Waals surface area contributed by atoms with Crippen LogP contribution in [-0.2, 0) is 6.18 Å². The molecule has 0 amide bonds. The highest BCUT2D eigenvalue weighted by atomic mass is 19.4. The number of rotatable bonds is 3. The van der Waals surface area contributed by atoms with E-state index in [0.29, 0.717) is 11.3 Å². The van der Waals surface area contributed by atoms with Crippen LogP contribution in [0.2, 0.25) is 0 Å². The van der Waals surface area contributed by atoms with Gasteiger partial charge in [0.05, 0.1) is 4.92 Å². The van der Waals surface area contributed by atoms with E-state index in [-0.39, 0.29) is 11.5 Å². The Labute approximate surface area is 179 Å². The molecule has 1 aromatic heterocycles. The molecule has 0 unspecified atom stereocenters. The third kappa shape index (κ3) is 3.35. The van der Waals surface area contributed by atoms with E-state index in [1.54, 1.807) is 12.1 Å². The molecular weight excluding hydrogens is 419 g/mol. The Bertz CT molecular complexity index is 1490. The van der Waals surface area contributed by atoms with Crippen molar-refractivity contribution < 1.29 is 18.1 Å². The van der Waals surface area contributed by atoms with Crippen molar-refractivity contribution in [1.29, 1.82) is 0 Å². The summed E-state index contributed by atoms with van der Waals surface area (Å²) in [6, 6.07) is 22.5. The fourth-order valence-electron chi connectivity index (χ4n) is 3.80. The summed E-state index contributed by atoms with van der Waals surface area (Å²) in [7, 11) is 0. The van der Waals surface area contributed by atoms with Crippen LogP contribution in [0.3, 0.4) is 0 Å². The van der Waals surface area contributed by atoms with E-state index in [0.717, 1.165) is 27.7 Å². The summed E-state index contributed by atoms with van der Waals surface area (Å²) >= 11 is 0. The number of halogens is 3. The Balaban J connectivity index is 1.69. The number of nitro benzene ring substituents is 1. The normalized spacial score (nSPS) is 11.8. The molecule has 0 saturated heterocycles. The fourth-order valence-corrected chi connectivity index (χ4v) is 3.80. The molecule has 5 nitrogen and oxygen atoms in total. The quantitative estimate of drug-likeness (QED) is 0.179. The third-order valence-electron chi connectivity index (χ3n) is 5.34. The number of nitrogens with zero attached hydrogens (tertiary/aromatic N) is 3. The number of aromatic nitrogens is 2. The SMILES string of the molecule is O=[N+]([O-])c1ccc(-n2cc(C(F)(F)F)nc2-c2ccc3c(ccc4ccccc43)c2)cc1. The van der Waals surface area contributed by atoms with Crippen LogP contribution >= 0.6 is 0 Å². The maximum atomic E-state index is 13.4. The second-order valence-electron chi connectivity index (χ2n) is 7.31. The molecule has 158 valence electrons. The zero-order valence-electron chi connectivity index (χ0n) is 16.4. The molecule has 0 bridgehead atoms. The van der Waals surface area contributed by atoms with Gasteiger partial charge in [-0.1, -0.05) is 48.5 Å². The van der Waals surface area contributed by atoms with E-state index < -0.39 is 16.8 Å². The lowest BCUT2D eigenvalue weighted by Crippen LogP contribution is -2.05. The van der Waals surface area contributed by atoms with E-state index in [9.17, 15) is 23.3 Å². The molecule has 0 radical (unpaired) electrons. The summed E-state index contributed by atoms with van der Waals surface area (Å²) in [4.78, 5) is 14.2. The molecule has 0 N–H and O–H groups in total. The third-order valence-corrected chi connectivity index (χ3v) is 5.34. The number of non-ortho nitro benzene ring substituents is 1. The van der Waals surface area contributed by atoms with Gasteiger partial charge in [0.2, 0.25) is 0 Å². The Kier molecular flexibility index (Phi) is 4.44. The van der Waals surface area contributed by atoms with Crippen molar-refractivity contribution in [3.63, 3.8) is 0 Å². The summed E-state index contributed by atoms with van der Waals surface area (Å²) in [6.45, 7) is 0. The Morgan fingerprint density at radius 2 is 1.53 bits per heavy atom. The van der Waals surface area contributed by atoms with Crippen molar-refractivity contribution in [3.05, 3.63) is 101 Å². The average molecular weight is 433 g/mol. The van der Waals surface area contributed by atoms with Gasteiger partial charge in [0, 0.05) is 29.6 Å². The van der Waals surface area contributed by atoms with Crippen LogP contribution in [-0.4, -0.2) is 14.5 Å². The van der Waals surface area contributed by atoms with Crippen LogP contribution in [0, 0.1) is 10.1 Å². The molecule has 5 rings (SSSR count). The molecule has 1 heterocycles. The van der Waals surface area contributed by atoms with Gasteiger partial charge in [-0.25, -0.2) is 4.98 Å². The number of fused-ring (bicyclic) bond motifs is 3. The second-order valence-corrected chi connectivity index (χ2v) is 7.31. The van der Waals surface area contributed by atoms with Crippen molar-refractivity contribution in [1.82, 2.24) is 9.55 Å². The van der Waals surface area contributed by atoms with Gasteiger partial charge in [0.25, 0.3) is 5.69 Å². The molecule has 0 spiro atoms. The fraction of sp³-hybridized carbons (Fsp3) is 0.0417. The van der Waals surface area contributed by atoms with Gasteiger partial charge in [-0.3, -0.25) is 14.7 Å². The lowest BCUT2D eigenvalue weighted by molar-refractivity contribution is -0.384. The van der Waals surface area contributed by atoms with Crippen molar-refractivity contribution >= 4 is 27.2 Å². The molecular formula is C24H14F3N3O2. The van der Waals surface area contributed by atoms with Crippen LogP contribution in [0.1, 0.15) is 5.69 Å². The highest BCUT2D eigenvalue weighted by Crippen LogP contribution is 2.35. The van der Waals surface area contributed by atoms with Crippen LogP contribution < -0.4 is 0 Å². The maximum absolute atomic E-state index is 13.4. The van der Waals surface area contributed by atoms with E-state index in [1.807, 2.05) is 42.5 Å². The number of benzene rings is 4. The van der Waals surface area contributed by atoms with E-state index >= 15 is 0 Å². The van der Waals surface area contributed by atoms with Gasteiger partial charge in [-0.2, -0.15) is 13.2 Å². The zero-order chi connectivity index (χ0) is 22.5. The highest BCUT2D eigenvalue weighted by Gasteiger charge is 2.35. The molecule has 4 aromatic carbocycles. The minimum atomic E-state index is -4.63. The minimum Gasteiger partial charge on any atom is -0.299 e. The summed E-state index contributed by atoms with van der Waals surface area (Å²) in [5.41, 5.74) is -0.345. The first-order valence-corrected chi connectivity index (χ1v) is 9.64. The van der Waals surface area contributed by atoms with Gasteiger partial charge in [-0.05, 0) is 39.7 Å². The lowest BCUT2D eigenvalue weighted by Gasteiger charge is -2.10. The average Bonchev–Trinajstić information content (AvgIpc) is 3.25. The number of hydrogen-bond acceptors (Lipinski definition) is 3. The topological polar surface area (TPSA) is 61.0 Å². The molecule has 5 aromatic rings. The summed E-state index contributed by atoms with van der Waals surface area (Å²) in [6.07, 6.45) is -3.73. The molecule has 0 aliphatic heterocycles. The molecule has 8 heteroatoms. The van der Waals surface area contributed by atoms with Crippen LogP contribution in [0.25, 0.3) is 38.6 Å². The highest BCUT2D eigenvalue weighted by molar-refractivity contribution is 6.08. The maximum Gasteiger partial charge on any atom is 0.434 e. The number of alkyl halides is 3. The van der Waals surface area contributed by atoms with Crippen molar-refractivity contribution in [2.75, 3.05) is 0 Å². The van der Waals surface area contributed by atoms with Gasteiger partial charge in [0.15, 0.2) is 5.69 Å². The zero-order valence-corrected chi connectivity index (χ0v) is 16.4. The van der Waals surface area contributed by atoms with Crippen LogP contribution in [0.15, 0.2) is 85.1 Å². The van der Waals surface area contributed by atoms with Crippen molar-refractivity contribution in [2.24, 2.45) is 0 Å². The summed E-state index contributed by atoms with van der Waals surface area (Å²) in [5.74, 6) is 0.0984. The predicted octanol–water partition coefficient (Wildman–Crippen LogP) is 6.77. The number of nitro groups is 1. The van der Waals surface area contributed by atoms with Gasteiger partial charge < -0.3 is 0 Å². The van der Waals surface area contributed by atoms with Gasteiger partial charge >= 0.3 is 6.18 Å². The van der Waals surface area contributed by atoms with E-state index in [1.165, 1.54) is 28.8 Å². The molecule has 0 fully saturated rings. The van der Waals surface area contributed by atoms with Gasteiger partial charge in [-0.15, -0.1) is 0 Å². The molecule has 0 aliphatic rings. The molecule has 0 aliphatic carbocycles. The predicted molar refractivity (Wildman–Crippen MR) is 116 cm³/mol. The summed E-state index contributed by atoms with van der Waals surface area (Å²) < 4.78 is 41.6. The smallest absolute Gasteiger partial charge is 0.299 e. The largest absolute Gasteiger partial charge is 0.434 e. The number of hydrogen-bond donors (Lipinski definition) is 0. The monoisotopic (exact) mass is 433 g/mol. The van der Waals surface area contributed by atoms with Crippen LogP contribution in [0.5, 0.6) is 0 Å². The Hall–Kier alpha value is -4.20. The Morgan fingerprint density at radius 3 is 2.25 bits per heavy atom. The minimum absolute atomic E-state index is 0.0984. The van der Waals surface area contributed by atoms with Crippen LogP contribution in [0.4, 0.5) is 18.9 Å². The molecule has 0 atom stereocenters. The molecule has 32 heavy (non-hydrogen) atoms. The first-order valence-electron chi connectivity index (χ1n) is 9.64. The van der Waals surface area contributed by atoms with E-state index in [4.69, 9.17) is 0 Å². The molecule has 0 saturated carbocycles. The second kappa shape index (κ2) is 7.19. The summed E-state index contributed by atoms with van der Waals surface area (Å²) in [5, 5.41) is 14.9. The van der Waals surface area contributed by atoms with Crippen molar-refractivity contribution in [2.45, 2.75) is 6.18 Å². The van der Waals surface area contributed by atoms with Crippen molar-refractivity contribution in [3.8, 4) is 17.1 Å². The Morgan fingerprint density at radius 1 is 0.844 bits per heavy atom. The standard InChI is InChI=1S/C24H14F3N3O2/c25-24(26,27)22-14-29(18-8-10-19(11-9-18)30(31)32)23(28-22)17-7-12-21-16(13-17)6-5-15-3-1-2-4-20(15)21/h1-14H. The lowest BCUT2D eigenvalue weighted by atomic mass is 10.00. The number of imidazole rings is 1. The first-order chi connectivity index (χ1) is 15.3. The van der Waals surface area contributed by atoms with E-state index in [2.05, 4.69) is 4.98 Å². The first kappa shape index (κ1) is 19.7.